The van der Waals surface area contributed by atoms with Crippen LogP contribution in [0, 0.1) is 11.8 Å². The second-order valence-corrected chi connectivity index (χ2v) is 5.79. The van der Waals surface area contributed by atoms with Crippen molar-refractivity contribution in [2.45, 2.75) is 52.6 Å². The first-order valence-electron chi connectivity index (χ1n) is 6.34. The molecule has 0 saturated carbocycles. The Labute approximate surface area is 98.8 Å². The summed E-state index contributed by atoms with van der Waals surface area (Å²) in [6, 6.07) is 0. The van der Waals surface area contributed by atoms with Crippen LogP contribution in [0.3, 0.4) is 0 Å². The molecule has 16 heavy (non-hydrogen) atoms. The third-order valence-corrected chi connectivity index (χ3v) is 3.53. The highest BCUT2D eigenvalue weighted by Crippen LogP contribution is 2.25. The lowest BCUT2D eigenvalue weighted by molar-refractivity contribution is -0.147. The Morgan fingerprint density at radius 1 is 1.31 bits per heavy atom. The molecule has 0 aromatic rings. The Hall–Kier alpha value is -0.570. The molecule has 0 aromatic heterocycles. The van der Waals surface area contributed by atoms with Crippen molar-refractivity contribution >= 4 is 5.91 Å². The third-order valence-electron chi connectivity index (χ3n) is 3.53. The molecule has 0 radical (unpaired) electrons. The van der Waals surface area contributed by atoms with Gasteiger partial charge in [-0.3, -0.25) is 4.79 Å². The number of likely N-dealkylation sites (tertiary alicyclic amines) is 1. The molecule has 0 aromatic carbocycles. The molecule has 3 nitrogen and oxygen atoms in total. The fourth-order valence-corrected chi connectivity index (χ4v) is 2.38. The van der Waals surface area contributed by atoms with Crippen LogP contribution in [0.15, 0.2) is 0 Å². The van der Waals surface area contributed by atoms with Crippen molar-refractivity contribution in [2.24, 2.45) is 11.8 Å². The van der Waals surface area contributed by atoms with Crippen molar-refractivity contribution in [1.29, 1.82) is 0 Å². The molecular weight excluding hydrogens is 202 g/mol. The van der Waals surface area contributed by atoms with Crippen molar-refractivity contribution in [1.82, 2.24) is 4.90 Å². The first-order valence-corrected chi connectivity index (χ1v) is 6.34. The van der Waals surface area contributed by atoms with Crippen LogP contribution in [-0.4, -0.2) is 34.6 Å². The van der Waals surface area contributed by atoms with Crippen molar-refractivity contribution in [2.75, 3.05) is 13.1 Å². The van der Waals surface area contributed by atoms with Gasteiger partial charge in [0, 0.05) is 13.1 Å². The monoisotopic (exact) mass is 227 g/mol. The SMILES string of the molecule is CC(C)C1CCCN(C(=O)C(C)(C)O)CC1. The molecule has 0 spiro atoms. The number of hydrogen-bond donors (Lipinski definition) is 1. The molecular formula is C13H25NO2. The molecule has 1 heterocycles. The maximum Gasteiger partial charge on any atom is 0.253 e. The predicted molar refractivity (Wildman–Crippen MR) is 65.1 cm³/mol. The van der Waals surface area contributed by atoms with E-state index in [-0.39, 0.29) is 5.91 Å². The second kappa shape index (κ2) is 5.17. The summed E-state index contributed by atoms with van der Waals surface area (Å²) in [5.41, 5.74) is -1.22. The van der Waals surface area contributed by atoms with E-state index in [2.05, 4.69) is 13.8 Å². The fraction of sp³-hybridized carbons (Fsp3) is 0.923. The maximum atomic E-state index is 11.9. The first-order chi connectivity index (χ1) is 7.32. The van der Waals surface area contributed by atoms with Crippen LogP contribution in [0.2, 0.25) is 0 Å². The van der Waals surface area contributed by atoms with Crippen LogP contribution in [0.4, 0.5) is 0 Å². The minimum Gasteiger partial charge on any atom is -0.381 e. The summed E-state index contributed by atoms with van der Waals surface area (Å²) in [7, 11) is 0. The van der Waals surface area contributed by atoms with E-state index in [4.69, 9.17) is 0 Å². The molecule has 94 valence electrons. The van der Waals surface area contributed by atoms with Crippen LogP contribution >= 0.6 is 0 Å². The molecule has 1 unspecified atom stereocenters. The van der Waals surface area contributed by atoms with Gasteiger partial charge in [0.15, 0.2) is 0 Å². The smallest absolute Gasteiger partial charge is 0.253 e. The van der Waals surface area contributed by atoms with Crippen LogP contribution in [0.25, 0.3) is 0 Å². The number of rotatable bonds is 2. The standard InChI is InChI=1S/C13H25NO2/c1-10(2)11-6-5-8-14(9-7-11)12(15)13(3,4)16/h10-11,16H,5-9H2,1-4H3. The van der Waals surface area contributed by atoms with Gasteiger partial charge in [0.1, 0.15) is 5.60 Å². The van der Waals surface area contributed by atoms with Gasteiger partial charge in [-0.05, 0) is 44.9 Å². The van der Waals surface area contributed by atoms with Gasteiger partial charge in [-0.25, -0.2) is 0 Å². The Morgan fingerprint density at radius 3 is 2.44 bits per heavy atom. The van der Waals surface area contributed by atoms with E-state index in [0.29, 0.717) is 5.92 Å². The highest BCUT2D eigenvalue weighted by molar-refractivity contribution is 5.84. The summed E-state index contributed by atoms with van der Waals surface area (Å²) in [5, 5.41) is 9.71. The summed E-state index contributed by atoms with van der Waals surface area (Å²) >= 11 is 0. The first kappa shape index (κ1) is 13.5. The Bertz CT molecular complexity index is 243. The van der Waals surface area contributed by atoms with Crippen LogP contribution < -0.4 is 0 Å². The van der Waals surface area contributed by atoms with Crippen molar-refractivity contribution in [3.8, 4) is 0 Å². The maximum absolute atomic E-state index is 11.9. The number of amides is 1. The number of aliphatic hydroxyl groups is 1. The zero-order valence-electron chi connectivity index (χ0n) is 11.0. The van der Waals surface area contributed by atoms with Gasteiger partial charge in [0.25, 0.3) is 5.91 Å². The topological polar surface area (TPSA) is 40.5 Å². The zero-order chi connectivity index (χ0) is 12.3. The largest absolute Gasteiger partial charge is 0.381 e. The average Bonchev–Trinajstić information content (AvgIpc) is 2.39. The molecule has 1 amide bonds. The fourth-order valence-electron chi connectivity index (χ4n) is 2.38. The Balaban J connectivity index is 2.57. The van der Waals surface area contributed by atoms with Gasteiger partial charge >= 0.3 is 0 Å². The quantitative estimate of drug-likeness (QED) is 0.784. The molecule has 1 N–H and O–H groups in total. The third kappa shape index (κ3) is 3.48. The summed E-state index contributed by atoms with van der Waals surface area (Å²) in [6.07, 6.45) is 3.33. The van der Waals surface area contributed by atoms with Gasteiger partial charge in [0.05, 0.1) is 0 Å². The minimum absolute atomic E-state index is 0.128. The minimum atomic E-state index is -1.22. The Kier molecular flexibility index (Phi) is 4.36. The lowest BCUT2D eigenvalue weighted by atomic mass is 9.89. The lowest BCUT2D eigenvalue weighted by Gasteiger charge is -2.27. The van der Waals surface area contributed by atoms with Crippen molar-refractivity contribution in [3.05, 3.63) is 0 Å². The lowest BCUT2D eigenvalue weighted by Crippen LogP contribution is -2.45. The number of carbonyl (C=O) groups excluding carboxylic acids is 1. The molecule has 3 heteroatoms. The van der Waals surface area contributed by atoms with Crippen LogP contribution in [-0.2, 0) is 4.79 Å². The van der Waals surface area contributed by atoms with Crippen LogP contribution in [0.5, 0.6) is 0 Å². The second-order valence-electron chi connectivity index (χ2n) is 5.79. The molecule has 1 atom stereocenters. The highest BCUT2D eigenvalue weighted by Gasteiger charge is 2.31. The highest BCUT2D eigenvalue weighted by atomic mass is 16.3. The predicted octanol–water partition coefficient (Wildman–Crippen LogP) is 2.04. The molecule has 1 saturated heterocycles. The van der Waals surface area contributed by atoms with E-state index in [9.17, 15) is 9.90 Å². The van der Waals surface area contributed by atoms with Gasteiger partial charge in [-0.1, -0.05) is 13.8 Å². The summed E-state index contributed by atoms with van der Waals surface area (Å²) < 4.78 is 0. The van der Waals surface area contributed by atoms with E-state index in [0.717, 1.165) is 31.8 Å². The zero-order valence-corrected chi connectivity index (χ0v) is 11.0. The molecule has 1 aliphatic heterocycles. The number of carbonyl (C=O) groups is 1. The van der Waals surface area contributed by atoms with Crippen LogP contribution in [0.1, 0.15) is 47.0 Å². The Morgan fingerprint density at radius 2 is 1.94 bits per heavy atom. The van der Waals surface area contributed by atoms with Gasteiger partial charge < -0.3 is 10.0 Å². The molecule has 0 bridgehead atoms. The molecule has 0 aliphatic carbocycles. The summed E-state index contributed by atoms with van der Waals surface area (Å²) in [5.74, 6) is 1.29. The summed E-state index contributed by atoms with van der Waals surface area (Å²) in [6.45, 7) is 9.23. The molecule has 1 fully saturated rings. The van der Waals surface area contributed by atoms with Crippen molar-refractivity contribution in [3.63, 3.8) is 0 Å². The van der Waals surface area contributed by atoms with E-state index >= 15 is 0 Å². The normalized spacial score (nSPS) is 23.4. The van der Waals surface area contributed by atoms with E-state index in [1.54, 1.807) is 13.8 Å². The van der Waals surface area contributed by atoms with Crippen molar-refractivity contribution < 1.29 is 9.90 Å². The van der Waals surface area contributed by atoms with E-state index in [1.165, 1.54) is 6.42 Å². The average molecular weight is 227 g/mol. The number of hydrogen-bond acceptors (Lipinski definition) is 2. The van der Waals surface area contributed by atoms with Gasteiger partial charge in [0.2, 0.25) is 0 Å². The van der Waals surface area contributed by atoms with Gasteiger partial charge in [-0.15, -0.1) is 0 Å². The van der Waals surface area contributed by atoms with E-state index in [1.807, 2.05) is 4.90 Å². The van der Waals surface area contributed by atoms with E-state index < -0.39 is 5.60 Å². The van der Waals surface area contributed by atoms with Gasteiger partial charge in [-0.2, -0.15) is 0 Å². The summed E-state index contributed by atoms with van der Waals surface area (Å²) in [4.78, 5) is 13.7. The number of nitrogens with zero attached hydrogens (tertiary/aromatic N) is 1. The molecule has 1 aliphatic rings. The molecule has 1 rings (SSSR count).